The molecule has 0 atom stereocenters. The second-order valence-electron chi connectivity index (χ2n) is 11.1. The smallest absolute Gasteiger partial charge is 0.211 e. The van der Waals surface area contributed by atoms with Gasteiger partial charge in [-0.05, 0) is 80.1 Å². The first kappa shape index (κ1) is 26.8. The van der Waals surface area contributed by atoms with Gasteiger partial charge in [-0.25, -0.2) is 17.7 Å². The summed E-state index contributed by atoms with van der Waals surface area (Å²) in [5.74, 6) is 3.59. The minimum Gasteiger partial charge on any atom is -0.493 e. The van der Waals surface area contributed by atoms with Crippen molar-refractivity contribution < 1.29 is 17.9 Å². The van der Waals surface area contributed by atoms with Gasteiger partial charge >= 0.3 is 0 Å². The van der Waals surface area contributed by atoms with Crippen LogP contribution in [0.15, 0.2) is 72.8 Å². The zero-order chi connectivity index (χ0) is 27.5. The molecule has 1 saturated heterocycles. The summed E-state index contributed by atoms with van der Waals surface area (Å²) in [5, 5.41) is 0. The molecular weight excluding hydrogens is 522 g/mol. The Morgan fingerprint density at radius 3 is 2.30 bits per heavy atom. The molecule has 0 radical (unpaired) electrons. The fraction of sp³-hybridized carbons (Fsp3) is 0.406. The van der Waals surface area contributed by atoms with Crippen molar-refractivity contribution in [2.75, 3.05) is 26.0 Å². The number of para-hydroxylation sites is 2. The van der Waals surface area contributed by atoms with Crippen molar-refractivity contribution in [1.29, 1.82) is 0 Å². The van der Waals surface area contributed by atoms with Gasteiger partial charge in [-0.15, -0.1) is 0 Å². The molecule has 3 aromatic carbocycles. The van der Waals surface area contributed by atoms with Crippen molar-refractivity contribution in [1.82, 2.24) is 13.9 Å². The molecule has 0 bridgehead atoms. The van der Waals surface area contributed by atoms with Crippen LogP contribution in [-0.4, -0.2) is 48.2 Å². The van der Waals surface area contributed by atoms with Crippen LogP contribution in [0, 0.1) is 5.92 Å². The number of imidazole rings is 1. The standard InChI is InChI=1S/C32H37N3O4S/c1-40(36,37)34-20-18-24(19-21-34)23-38-28-10-7-11-29(22-28)39-27-16-14-25(15-17-27)32-33-30-12-5-6-13-31(30)35(32)26-8-3-2-4-9-26/h5-7,10-17,22,24,26H,2-4,8-9,18-21,23H2,1H3. The predicted octanol–water partition coefficient (Wildman–Crippen LogP) is 7.05. The van der Waals surface area contributed by atoms with Crippen LogP contribution in [-0.2, 0) is 10.0 Å². The van der Waals surface area contributed by atoms with E-state index in [-0.39, 0.29) is 0 Å². The van der Waals surface area contributed by atoms with E-state index in [1.807, 2.05) is 36.4 Å². The fourth-order valence-corrected chi connectivity index (χ4v) is 6.89. The number of aromatic nitrogens is 2. The summed E-state index contributed by atoms with van der Waals surface area (Å²) in [6.45, 7) is 1.68. The molecule has 0 unspecified atom stereocenters. The average molecular weight is 560 g/mol. The molecule has 1 aromatic heterocycles. The van der Waals surface area contributed by atoms with E-state index in [0.29, 0.717) is 37.4 Å². The van der Waals surface area contributed by atoms with Crippen LogP contribution in [0.1, 0.15) is 51.0 Å². The molecule has 2 heterocycles. The summed E-state index contributed by atoms with van der Waals surface area (Å²) >= 11 is 0. The van der Waals surface area contributed by atoms with Gasteiger partial charge in [0.25, 0.3) is 0 Å². The number of sulfonamides is 1. The van der Waals surface area contributed by atoms with Gasteiger partial charge in [-0.3, -0.25) is 0 Å². The molecule has 0 spiro atoms. The third kappa shape index (κ3) is 6.03. The second kappa shape index (κ2) is 11.6. The average Bonchev–Trinajstić information content (AvgIpc) is 3.37. The number of nitrogens with zero attached hydrogens (tertiary/aromatic N) is 3. The molecule has 40 heavy (non-hydrogen) atoms. The normalized spacial score (nSPS) is 17.7. The van der Waals surface area contributed by atoms with Crippen LogP contribution in [0.3, 0.4) is 0 Å². The maximum Gasteiger partial charge on any atom is 0.211 e. The van der Waals surface area contributed by atoms with E-state index in [9.17, 15) is 8.42 Å². The van der Waals surface area contributed by atoms with Crippen LogP contribution in [0.2, 0.25) is 0 Å². The molecule has 4 aromatic rings. The first-order valence-corrected chi connectivity index (χ1v) is 16.2. The number of ether oxygens (including phenoxy) is 2. The summed E-state index contributed by atoms with van der Waals surface area (Å²) in [4.78, 5) is 5.03. The molecular formula is C32H37N3O4S. The predicted molar refractivity (Wildman–Crippen MR) is 158 cm³/mol. The van der Waals surface area contributed by atoms with Crippen molar-refractivity contribution in [3.63, 3.8) is 0 Å². The lowest BCUT2D eigenvalue weighted by atomic mass is 9.95. The highest BCUT2D eigenvalue weighted by molar-refractivity contribution is 7.88. The number of hydrogen-bond donors (Lipinski definition) is 0. The maximum atomic E-state index is 11.7. The lowest BCUT2D eigenvalue weighted by molar-refractivity contribution is 0.185. The molecule has 6 rings (SSSR count). The monoisotopic (exact) mass is 559 g/mol. The zero-order valence-corrected chi connectivity index (χ0v) is 23.9. The van der Waals surface area contributed by atoms with E-state index in [4.69, 9.17) is 14.5 Å². The molecule has 1 aliphatic carbocycles. The molecule has 1 saturated carbocycles. The van der Waals surface area contributed by atoms with Gasteiger partial charge in [0.05, 0.1) is 23.9 Å². The highest BCUT2D eigenvalue weighted by atomic mass is 32.2. The first-order valence-electron chi connectivity index (χ1n) is 14.4. The lowest BCUT2D eigenvalue weighted by Crippen LogP contribution is -2.39. The number of hydrogen-bond acceptors (Lipinski definition) is 5. The molecule has 8 heteroatoms. The number of piperidine rings is 1. The number of fused-ring (bicyclic) bond motifs is 1. The Labute approximate surface area is 236 Å². The van der Waals surface area contributed by atoms with Crippen LogP contribution >= 0.6 is 0 Å². The minimum atomic E-state index is -3.11. The highest BCUT2D eigenvalue weighted by Gasteiger charge is 2.25. The first-order chi connectivity index (χ1) is 19.4. The Morgan fingerprint density at radius 1 is 0.825 bits per heavy atom. The second-order valence-corrected chi connectivity index (χ2v) is 13.1. The topological polar surface area (TPSA) is 73.7 Å². The quantitative estimate of drug-likeness (QED) is 0.231. The Morgan fingerprint density at radius 2 is 1.55 bits per heavy atom. The summed E-state index contributed by atoms with van der Waals surface area (Å²) in [6.07, 6.45) is 9.16. The Hall–Kier alpha value is -3.36. The van der Waals surface area contributed by atoms with Gasteiger partial charge in [0.15, 0.2) is 0 Å². The number of rotatable bonds is 8. The van der Waals surface area contributed by atoms with E-state index in [0.717, 1.165) is 41.2 Å². The molecule has 0 amide bonds. The van der Waals surface area contributed by atoms with E-state index < -0.39 is 10.0 Å². The lowest BCUT2D eigenvalue weighted by Gasteiger charge is -2.30. The fourth-order valence-electron chi connectivity index (χ4n) is 6.01. The van der Waals surface area contributed by atoms with Crippen molar-refractivity contribution in [3.8, 4) is 28.6 Å². The van der Waals surface area contributed by atoms with Crippen molar-refractivity contribution in [2.24, 2.45) is 5.92 Å². The molecule has 7 nitrogen and oxygen atoms in total. The molecule has 0 N–H and O–H groups in total. The van der Waals surface area contributed by atoms with Crippen LogP contribution in [0.5, 0.6) is 17.2 Å². The number of benzene rings is 3. The summed E-state index contributed by atoms with van der Waals surface area (Å²) in [7, 11) is -3.11. The Balaban J connectivity index is 1.12. The third-order valence-corrected chi connectivity index (χ3v) is 9.52. The molecule has 2 fully saturated rings. The Bertz CT molecular complexity index is 1550. The van der Waals surface area contributed by atoms with Gasteiger partial charge in [0.1, 0.15) is 23.1 Å². The largest absolute Gasteiger partial charge is 0.493 e. The van der Waals surface area contributed by atoms with Crippen molar-refractivity contribution in [3.05, 3.63) is 72.8 Å². The molecule has 210 valence electrons. The van der Waals surface area contributed by atoms with E-state index in [1.54, 1.807) is 4.31 Å². The van der Waals surface area contributed by atoms with Crippen LogP contribution in [0.25, 0.3) is 22.4 Å². The van der Waals surface area contributed by atoms with Gasteiger partial charge < -0.3 is 14.0 Å². The van der Waals surface area contributed by atoms with Gasteiger partial charge in [0.2, 0.25) is 10.0 Å². The summed E-state index contributed by atoms with van der Waals surface area (Å²) in [6, 6.07) is 24.8. The summed E-state index contributed by atoms with van der Waals surface area (Å²) < 4.78 is 39.7. The SMILES string of the molecule is CS(=O)(=O)N1CCC(COc2cccc(Oc3ccc(-c4nc5ccccc5n4C4CCCCC4)cc3)c2)CC1. The Kier molecular flexibility index (Phi) is 7.80. The van der Waals surface area contributed by atoms with Gasteiger partial charge in [-0.2, -0.15) is 0 Å². The third-order valence-electron chi connectivity index (χ3n) is 8.22. The van der Waals surface area contributed by atoms with E-state index >= 15 is 0 Å². The molecule has 1 aliphatic heterocycles. The summed E-state index contributed by atoms with van der Waals surface area (Å²) in [5.41, 5.74) is 3.34. The van der Waals surface area contributed by atoms with Crippen LogP contribution in [0.4, 0.5) is 0 Å². The van der Waals surface area contributed by atoms with E-state index in [2.05, 4.69) is 41.0 Å². The van der Waals surface area contributed by atoms with Gasteiger partial charge in [-0.1, -0.05) is 37.5 Å². The van der Waals surface area contributed by atoms with Crippen molar-refractivity contribution in [2.45, 2.75) is 51.0 Å². The van der Waals surface area contributed by atoms with Crippen LogP contribution < -0.4 is 9.47 Å². The molecule has 2 aliphatic rings. The minimum absolute atomic E-state index is 0.341. The highest BCUT2D eigenvalue weighted by Crippen LogP contribution is 2.36. The van der Waals surface area contributed by atoms with Gasteiger partial charge in [0, 0.05) is 30.8 Å². The zero-order valence-electron chi connectivity index (χ0n) is 23.0. The maximum absolute atomic E-state index is 11.7. The van der Waals surface area contributed by atoms with E-state index in [1.165, 1.54) is 43.9 Å². The van der Waals surface area contributed by atoms with Crippen molar-refractivity contribution >= 4 is 21.1 Å².